The van der Waals surface area contributed by atoms with E-state index in [-0.39, 0.29) is 0 Å². The molecule has 0 aromatic rings. The predicted octanol–water partition coefficient (Wildman–Crippen LogP) is -1.03. The first-order valence-electron chi connectivity index (χ1n) is 4.63. The summed E-state index contributed by atoms with van der Waals surface area (Å²) in [6.45, 7) is 1.72. The Bertz CT molecular complexity index is 367. The summed E-state index contributed by atoms with van der Waals surface area (Å²) in [5, 5.41) is 5.99. The zero-order chi connectivity index (χ0) is 12.3. The Morgan fingerprint density at radius 1 is 1.69 bits per heavy atom. The minimum Gasteiger partial charge on any atom is -0.350 e. The molecule has 16 heavy (non-hydrogen) atoms. The second-order valence-electron chi connectivity index (χ2n) is 3.35. The van der Waals surface area contributed by atoms with Crippen molar-refractivity contribution in [3.8, 4) is 0 Å². The van der Waals surface area contributed by atoms with E-state index in [0.29, 0.717) is 6.42 Å². The number of hydrogen-bond donors (Lipinski definition) is 3. The molecule has 0 saturated carbocycles. The second kappa shape index (κ2) is 4.17. The highest BCUT2D eigenvalue weighted by Gasteiger charge is 2.47. The quantitative estimate of drug-likeness (QED) is 0.325. The molecule has 88 valence electrons. The van der Waals surface area contributed by atoms with Crippen LogP contribution in [0.4, 0.5) is 9.59 Å². The van der Waals surface area contributed by atoms with Crippen molar-refractivity contribution in [3.63, 3.8) is 0 Å². The minimum atomic E-state index is -1.20. The number of amides is 5. The molecule has 1 unspecified atom stereocenters. The summed E-state index contributed by atoms with van der Waals surface area (Å²) < 4.78 is 0. The monoisotopic (exact) mass is 227 g/mol. The molecule has 0 radical (unpaired) electrons. The van der Waals surface area contributed by atoms with Crippen LogP contribution in [0.3, 0.4) is 0 Å². The van der Waals surface area contributed by atoms with E-state index in [1.807, 2.05) is 5.43 Å². The maximum atomic E-state index is 11.8. The van der Waals surface area contributed by atoms with Gasteiger partial charge in [0.25, 0.3) is 5.91 Å². The summed E-state index contributed by atoms with van der Waals surface area (Å²) in [6, 6.07) is -1.34. The summed E-state index contributed by atoms with van der Waals surface area (Å²) in [7, 11) is 1.37. The van der Waals surface area contributed by atoms with Gasteiger partial charge in [-0.1, -0.05) is 6.92 Å². The first-order valence-corrected chi connectivity index (χ1v) is 4.63. The van der Waals surface area contributed by atoms with Gasteiger partial charge in [0.05, 0.1) is 6.21 Å². The van der Waals surface area contributed by atoms with Crippen LogP contribution in [0.15, 0.2) is 5.10 Å². The molecule has 0 aromatic heterocycles. The summed E-state index contributed by atoms with van der Waals surface area (Å²) in [5.74, 6) is -0.421. The van der Waals surface area contributed by atoms with Crippen LogP contribution >= 0.6 is 0 Å². The molecule has 0 aromatic carbocycles. The number of imide groups is 1. The molecule has 1 atom stereocenters. The SMILES string of the molecule is CCC1(/C=N/NC(N)=O)NC(=O)N(C)C1=O. The Morgan fingerprint density at radius 3 is 2.69 bits per heavy atom. The number of primary amides is 1. The Hall–Kier alpha value is -2.12. The van der Waals surface area contributed by atoms with Gasteiger partial charge in [0.1, 0.15) is 0 Å². The van der Waals surface area contributed by atoms with E-state index in [0.717, 1.165) is 4.90 Å². The highest BCUT2D eigenvalue weighted by molar-refractivity contribution is 6.16. The molecule has 8 heteroatoms. The Kier molecular flexibility index (Phi) is 3.11. The number of nitrogens with one attached hydrogen (secondary N) is 2. The molecule has 1 aliphatic heterocycles. The predicted molar refractivity (Wildman–Crippen MR) is 55.5 cm³/mol. The van der Waals surface area contributed by atoms with E-state index in [2.05, 4.69) is 10.4 Å². The fourth-order valence-corrected chi connectivity index (χ4v) is 1.34. The number of nitrogens with zero attached hydrogens (tertiary/aromatic N) is 2. The Morgan fingerprint density at radius 2 is 2.31 bits per heavy atom. The van der Waals surface area contributed by atoms with Crippen molar-refractivity contribution in [2.45, 2.75) is 18.9 Å². The topological polar surface area (TPSA) is 117 Å². The van der Waals surface area contributed by atoms with E-state index in [9.17, 15) is 14.4 Å². The minimum absolute atomic E-state index is 0.325. The molecule has 0 aliphatic carbocycles. The van der Waals surface area contributed by atoms with E-state index < -0.39 is 23.5 Å². The first kappa shape index (κ1) is 12.0. The van der Waals surface area contributed by atoms with Gasteiger partial charge in [-0.2, -0.15) is 5.10 Å². The maximum Gasteiger partial charge on any atom is 0.332 e. The van der Waals surface area contributed by atoms with E-state index in [4.69, 9.17) is 5.73 Å². The largest absolute Gasteiger partial charge is 0.350 e. The standard InChI is InChI=1S/C8H13N5O3/c1-3-8(4-10-12-6(9)15)5(14)13(2)7(16)11-8/h4H,3H2,1-2H3,(H,11,16)(H3,9,12,15)/b10-4+. The highest BCUT2D eigenvalue weighted by Crippen LogP contribution is 2.18. The fraction of sp³-hybridized carbons (Fsp3) is 0.500. The van der Waals surface area contributed by atoms with Crippen molar-refractivity contribution in [2.24, 2.45) is 10.8 Å². The zero-order valence-electron chi connectivity index (χ0n) is 8.98. The van der Waals surface area contributed by atoms with Gasteiger partial charge in [-0.15, -0.1) is 0 Å². The third kappa shape index (κ3) is 1.95. The summed E-state index contributed by atoms with van der Waals surface area (Å²) in [5.41, 5.74) is 5.57. The number of likely N-dealkylation sites (N-methyl/N-ethyl adjacent to an activating group) is 1. The normalized spacial score (nSPS) is 25.0. The van der Waals surface area contributed by atoms with Gasteiger partial charge in [-0.05, 0) is 6.42 Å². The zero-order valence-corrected chi connectivity index (χ0v) is 8.98. The Balaban J connectivity index is 2.87. The molecule has 1 saturated heterocycles. The third-order valence-electron chi connectivity index (χ3n) is 2.34. The molecule has 4 N–H and O–H groups in total. The van der Waals surface area contributed by atoms with Crippen LogP contribution in [-0.4, -0.2) is 41.7 Å². The average molecular weight is 227 g/mol. The lowest BCUT2D eigenvalue weighted by Gasteiger charge is -2.18. The smallest absolute Gasteiger partial charge is 0.332 e. The number of urea groups is 2. The highest BCUT2D eigenvalue weighted by atomic mass is 16.2. The number of carbonyl (C=O) groups excluding carboxylic acids is 3. The molecule has 1 heterocycles. The van der Waals surface area contributed by atoms with Crippen LogP contribution < -0.4 is 16.5 Å². The van der Waals surface area contributed by atoms with Gasteiger partial charge in [0, 0.05) is 7.05 Å². The van der Waals surface area contributed by atoms with E-state index in [1.54, 1.807) is 6.92 Å². The molecule has 1 rings (SSSR count). The summed E-state index contributed by atoms with van der Waals surface area (Å²) in [4.78, 5) is 34.4. The van der Waals surface area contributed by atoms with Gasteiger partial charge in [0.2, 0.25) is 0 Å². The van der Waals surface area contributed by atoms with Crippen LogP contribution in [-0.2, 0) is 4.79 Å². The first-order chi connectivity index (χ1) is 7.43. The number of carbonyl (C=O) groups is 3. The van der Waals surface area contributed by atoms with E-state index in [1.165, 1.54) is 13.3 Å². The summed E-state index contributed by atoms with van der Waals surface area (Å²) >= 11 is 0. The lowest BCUT2D eigenvalue weighted by atomic mass is 9.98. The molecule has 1 aliphatic rings. The van der Waals surface area contributed by atoms with Gasteiger partial charge in [-0.3, -0.25) is 9.69 Å². The van der Waals surface area contributed by atoms with Crippen molar-refractivity contribution < 1.29 is 14.4 Å². The van der Waals surface area contributed by atoms with Crippen molar-refractivity contribution in [1.29, 1.82) is 0 Å². The Labute approximate surface area is 91.8 Å². The lowest BCUT2D eigenvalue weighted by Crippen LogP contribution is -2.48. The number of rotatable bonds is 3. The summed E-state index contributed by atoms with van der Waals surface area (Å²) in [6.07, 6.45) is 1.49. The molecule has 5 amide bonds. The second-order valence-corrected chi connectivity index (χ2v) is 3.35. The molecule has 1 fully saturated rings. The molecule has 8 nitrogen and oxygen atoms in total. The third-order valence-corrected chi connectivity index (χ3v) is 2.34. The van der Waals surface area contributed by atoms with Crippen LogP contribution in [0.2, 0.25) is 0 Å². The van der Waals surface area contributed by atoms with Crippen LogP contribution in [0, 0.1) is 0 Å². The van der Waals surface area contributed by atoms with Crippen LogP contribution in [0.5, 0.6) is 0 Å². The molecular weight excluding hydrogens is 214 g/mol. The number of hydrazone groups is 1. The fourth-order valence-electron chi connectivity index (χ4n) is 1.34. The van der Waals surface area contributed by atoms with Crippen molar-refractivity contribution >= 4 is 24.2 Å². The van der Waals surface area contributed by atoms with Gasteiger partial charge in [0.15, 0.2) is 5.54 Å². The van der Waals surface area contributed by atoms with Crippen molar-refractivity contribution in [2.75, 3.05) is 7.05 Å². The molecular formula is C8H13N5O3. The van der Waals surface area contributed by atoms with Crippen LogP contribution in [0.1, 0.15) is 13.3 Å². The van der Waals surface area contributed by atoms with Crippen LogP contribution in [0.25, 0.3) is 0 Å². The van der Waals surface area contributed by atoms with Crippen molar-refractivity contribution in [1.82, 2.24) is 15.6 Å². The molecule has 0 spiro atoms. The van der Waals surface area contributed by atoms with Gasteiger partial charge >= 0.3 is 12.1 Å². The van der Waals surface area contributed by atoms with Gasteiger partial charge in [-0.25, -0.2) is 15.0 Å². The van der Waals surface area contributed by atoms with Gasteiger partial charge < -0.3 is 11.1 Å². The number of nitrogens with two attached hydrogens (primary N) is 1. The van der Waals surface area contributed by atoms with Crippen molar-refractivity contribution in [3.05, 3.63) is 0 Å². The van der Waals surface area contributed by atoms with E-state index >= 15 is 0 Å². The lowest BCUT2D eigenvalue weighted by molar-refractivity contribution is -0.128. The maximum absolute atomic E-state index is 11.8. The average Bonchev–Trinajstić information content (AvgIpc) is 2.43. The number of hydrogen-bond acceptors (Lipinski definition) is 4. The molecule has 0 bridgehead atoms.